The van der Waals surface area contributed by atoms with Gasteiger partial charge in [-0.05, 0) is 44.9 Å². The molecular weight excluding hydrogens is 537 g/mol. The second kappa shape index (κ2) is 11.3. The first-order valence-electron chi connectivity index (χ1n) is 12.6. The van der Waals surface area contributed by atoms with E-state index in [1.165, 1.54) is 12.1 Å². The van der Waals surface area contributed by atoms with Gasteiger partial charge in [0.2, 0.25) is 0 Å². The molecule has 1 spiro atoms. The maximum Gasteiger partial charge on any atom is 0.472 e. The normalized spacial score (nSPS) is 27.9. The highest BCUT2D eigenvalue weighted by Crippen LogP contribution is 2.53. The molecule has 2 heterocycles. The Labute approximate surface area is 225 Å². The predicted octanol–water partition coefficient (Wildman–Crippen LogP) is 3.33. The highest BCUT2D eigenvalue weighted by atomic mass is 32.2. The Bertz CT molecular complexity index is 1180. The monoisotopic (exact) mass is 578 g/mol. The molecule has 1 fully saturated rings. The zero-order chi connectivity index (χ0) is 28.6. The smallest absolute Gasteiger partial charge is 0.472 e. The maximum absolute atomic E-state index is 12.4. The third-order valence-electron chi connectivity index (χ3n) is 6.21. The second-order valence-corrected chi connectivity index (χ2v) is 14.5. The molecule has 11 nitrogen and oxygen atoms in total. The number of hydrogen-bond donors (Lipinski definition) is 1. The summed E-state index contributed by atoms with van der Waals surface area (Å²) < 4.78 is 72.0. The molecule has 2 aliphatic heterocycles. The minimum Gasteiger partial charge on any atom is -0.487 e. The largest absolute Gasteiger partial charge is 0.487 e. The van der Waals surface area contributed by atoms with Crippen LogP contribution in [0.1, 0.15) is 39.7 Å². The zero-order valence-electron chi connectivity index (χ0n) is 23.4. The number of likely N-dealkylation sites (N-methyl/N-ethyl adjacent to an activating group) is 1. The molecule has 1 N–H and O–H groups in total. The molecule has 38 heavy (non-hydrogen) atoms. The summed E-state index contributed by atoms with van der Waals surface area (Å²) >= 11 is 0. The van der Waals surface area contributed by atoms with Gasteiger partial charge in [-0.1, -0.05) is 19.1 Å². The molecule has 4 atom stereocenters. The molecule has 1 saturated heterocycles. The molecule has 0 bridgehead atoms. The third kappa shape index (κ3) is 7.44. The highest BCUT2D eigenvalue weighted by molar-refractivity contribution is 7.90. The van der Waals surface area contributed by atoms with Gasteiger partial charge in [-0.25, -0.2) is 13.0 Å². The van der Waals surface area contributed by atoms with E-state index < -0.39 is 35.3 Å². The van der Waals surface area contributed by atoms with E-state index in [1.54, 1.807) is 12.1 Å². The molecule has 13 heteroatoms. The first kappa shape index (κ1) is 31.2. The number of rotatable bonds is 12. The van der Waals surface area contributed by atoms with Gasteiger partial charge >= 0.3 is 13.8 Å². The second-order valence-electron chi connectivity index (χ2n) is 11.1. The summed E-state index contributed by atoms with van der Waals surface area (Å²) in [6.45, 7) is 7.88. The highest BCUT2D eigenvalue weighted by Gasteiger charge is 2.61. The topological polar surface area (TPSA) is 127 Å². The van der Waals surface area contributed by atoms with Gasteiger partial charge in [0.25, 0.3) is 0 Å². The van der Waals surface area contributed by atoms with Gasteiger partial charge in [0.15, 0.2) is 15.6 Å². The molecule has 0 amide bonds. The number of quaternary nitrogens is 1. The van der Waals surface area contributed by atoms with Crippen LogP contribution in [0.4, 0.5) is 0 Å². The van der Waals surface area contributed by atoms with Crippen molar-refractivity contribution in [3.8, 4) is 0 Å². The lowest BCUT2D eigenvalue weighted by Gasteiger charge is -2.30. The van der Waals surface area contributed by atoms with Crippen LogP contribution in [0.15, 0.2) is 34.9 Å². The van der Waals surface area contributed by atoms with Crippen LogP contribution >= 0.6 is 7.82 Å². The molecule has 0 aromatic heterocycles. The van der Waals surface area contributed by atoms with Crippen molar-refractivity contribution in [2.75, 3.05) is 53.8 Å². The average Bonchev–Trinajstić information content (AvgIpc) is 3.29. The van der Waals surface area contributed by atoms with Crippen LogP contribution in [0.25, 0.3) is 5.57 Å². The molecule has 0 aliphatic carbocycles. The Kier molecular flexibility index (Phi) is 9.25. The SMILES string of the molecule is CC[C@]1(C)OC2(OCC(COP(=O)(O)OCC[N+](C)(C)C)O2)C(OC(C)C)=C1c1ccc(S(C)(=O)=O)cc1. The summed E-state index contributed by atoms with van der Waals surface area (Å²) in [5.41, 5.74) is 0.478. The molecule has 0 radical (unpaired) electrons. The van der Waals surface area contributed by atoms with Crippen molar-refractivity contribution in [2.45, 2.75) is 62.8 Å². The molecule has 3 rings (SSSR count). The lowest BCUT2D eigenvalue weighted by molar-refractivity contribution is -0.870. The fraction of sp³-hybridized carbons (Fsp3) is 0.680. The molecular formula is C25H41NO10PS+. The maximum atomic E-state index is 12.4. The summed E-state index contributed by atoms with van der Waals surface area (Å²) in [6.07, 6.45) is 0.685. The van der Waals surface area contributed by atoms with Crippen LogP contribution in [0.5, 0.6) is 0 Å². The Morgan fingerprint density at radius 3 is 2.34 bits per heavy atom. The molecule has 1 aromatic carbocycles. The Balaban J connectivity index is 1.85. The standard InChI is InChI=1S/C25H40NO10PS/c1-9-24(4)22(19-10-12-21(13-11-19)38(8,29)30)23(34-18(2)3)25(36-24)31-16-20(35-25)17-33-37(27,28)32-15-14-26(5,6)7/h10-13,18,20H,9,14-17H2,1-8H3/p+1/t20?,24-,25?/m0/s1. The third-order valence-corrected chi connectivity index (χ3v) is 8.33. The lowest BCUT2D eigenvalue weighted by Crippen LogP contribution is -2.39. The number of benzene rings is 1. The lowest BCUT2D eigenvalue weighted by atomic mass is 9.88. The Morgan fingerprint density at radius 2 is 1.82 bits per heavy atom. The van der Waals surface area contributed by atoms with Crippen molar-refractivity contribution in [3.63, 3.8) is 0 Å². The van der Waals surface area contributed by atoms with Crippen molar-refractivity contribution in [1.29, 1.82) is 0 Å². The van der Waals surface area contributed by atoms with Crippen molar-refractivity contribution >= 4 is 23.2 Å². The summed E-state index contributed by atoms with van der Waals surface area (Å²) in [5, 5.41) is 0. The number of ether oxygens (including phenoxy) is 4. The quantitative estimate of drug-likeness (QED) is 0.291. The fourth-order valence-corrected chi connectivity index (χ4v) is 5.47. The number of nitrogens with zero attached hydrogens (tertiary/aromatic N) is 1. The van der Waals surface area contributed by atoms with Gasteiger partial charge in [0, 0.05) is 11.8 Å². The van der Waals surface area contributed by atoms with Crippen molar-refractivity contribution < 1.29 is 50.4 Å². The minimum atomic E-state index is -4.30. The van der Waals surface area contributed by atoms with E-state index in [-0.39, 0.29) is 30.8 Å². The van der Waals surface area contributed by atoms with Crippen LogP contribution in [0, 0.1) is 0 Å². The van der Waals surface area contributed by atoms with Gasteiger partial charge in [0.1, 0.15) is 24.9 Å². The number of hydrogen-bond acceptors (Lipinski definition) is 9. The van der Waals surface area contributed by atoms with Gasteiger partial charge in [-0.15, -0.1) is 0 Å². The molecule has 1 aromatic rings. The van der Waals surface area contributed by atoms with E-state index >= 15 is 0 Å². The van der Waals surface area contributed by atoms with Gasteiger partial charge < -0.3 is 28.3 Å². The van der Waals surface area contributed by atoms with Gasteiger partial charge in [0.05, 0.1) is 45.4 Å². The van der Waals surface area contributed by atoms with E-state index in [0.717, 1.165) is 6.26 Å². The van der Waals surface area contributed by atoms with E-state index in [9.17, 15) is 17.9 Å². The van der Waals surface area contributed by atoms with E-state index in [4.69, 9.17) is 28.0 Å². The predicted molar refractivity (Wildman–Crippen MR) is 141 cm³/mol. The zero-order valence-corrected chi connectivity index (χ0v) is 25.1. The van der Waals surface area contributed by atoms with Crippen LogP contribution in [-0.4, -0.2) is 95.3 Å². The van der Waals surface area contributed by atoms with E-state index in [0.29, 0.717) is 34.3 Å². The van der Waals surface area contributed by atoms with E-state index in [1.807, 2.05) is 48.8 Å². The number of phosphoric acid groups is 1. The fourth-order valence-electron chi connectivity index (χ4n) is 4.10. The first-order chi connectivity index (χ1) is 17.4. The Hall–Kier alpha value is -1.34. The first-order valence-corrected chi connectivity index (χ1v) is 15.9. The molecule has 3 unspecified atom stereocenters. The van der Waals surface area contributed by atoms with Gasteiger partial charge in [-0.3, -0.25) is 9.05 Å². The van der Waals surface area contributed by atoms with Crippen LogP contribution in [-0.2, 0) is 42.4 Å². The molecule has 0 saturated carbocycles. The molecule has 216 valence electrons. The number of phosphoric ester groups is 1. The average molecular weight is 579 g/mol. The Morgan fingerprint density at radius 1 is 1.18 bits per heavy atom. The van der Waals surface area contributed by atoms with Crippen molar-refractivity contribution in [2.24, 2.45) is 0 Å². The summed E-state index contributed by atoms with van der Waals surface area (Å²) in [7, 11) is -1.83. The molecule has 2 aliphatic rings. The van der Waals surface area contributed by atoms with Crippen molar-refractivity contribution in [1.82, 2.24) is 0 Å². The summed E-state index contributed by atoms with van der Waals surface area (Å²) in [6, 6.07) is 6.49. The summed E-state index contributed by atoms with van der Waals surface area (Å²) in [5.74, 6) is -1.38. The van der Waals surface area contributed by atoms with Crippen LogP contribution in [0.3, 0.4) is 0 Å². The minimum absolute atomic E-state index is 0.0178. The van der Waals surface area contributed by atoms with Gasteiger partial charge in [-0.2, -0.15) is 0 Å². The van der Waals surface area contributed by atoms with E-state index in [2.05, 4.69) is 0 Å². The summed E-state index contributed by atoms with van der Waals surface area (Å²) in [4.78, 5) is 10.3. The van der Waals surface area contributed by atoms with Crippen LogP contribution in [0.2, 0.25) is 0 Å². The van der Waals surface area contributed by atoms with Crippen molar-refractivity contribution in [3.05, 3.63) is 35.6 Å². The number of sulfone groups is 1. The van der Waals surface area contributed by atoms with Crippen LogP contribution < -0.4 is 0 Å².